The van der Waals surface area contributed by atoms with E-state index in [1.165, 1.54) is 5.52 Å². The van der Waals surface area contributed by atoms with E-state index in [9.17, 15) is 8.42 Å². The van der Waals surface area contributed by atoms with Gasteiger partial charge in [-0.1, -0.05) is 44.2 Å². The highest BCUT2D eigenvalue weighted by molar-refractivity contribution is 7.89. The summed E-state index contributed by atoms with van der Waals surface area (Å²) >= 11 is 0. The van der Waals surface area contributed by atoms with Crippen molar-refractivity contribution in [2.45, 2.75) is 31.7 Å². The molecule has 160 valence electrons. The Kier molecular flexibility index (Phi) is 6.20. The van der Waals surface area contributed by atoms with Crippen LogP contribution in [0.1, 0.15) is 19.4 Å². The van der Waals surface area contributed by atoms with Gasteiger partial charge in [-0.3, -0.25) is 4.98 Å². The molecule has 0 spiro atoms. The van der Waals surface area contributed by atoms with E-state index >= 15 is 0 Å². The quantitative estimate of drug-likeness (QED) is 0.431. The number of hydrogen-bond acceptors (Lipinski definition) is 3. The van der Waals surface area contributed by atoms with Crippen LogP contribution in [0.25, 0.3) is 22.0 Å². The van der Waals surface area contributed by atoms with Gasteiger partial charge in [0.15, 0.2) is 0 Å². The Bertz CT molecular complexity index is 1260. The number of fused-ring (bicyclic) bond motifs is 1. The number of aromatic nitrogens is 2. The zero-order chi connectivity index (χ0) is 21.8. The molecule has 2 aromatic carbocycles. The Balaban J connectivity index is 1.60. The number of rotatable bonds is 8. The summed E-state index contributed by atoms with van der Waals surface area (Å²) in [7, 11) is -3.50. The van der Waals surface area contributed by atoms with Crippen molar-refractivity contribution in [3.8, 4) is 11.1 Å². The third-order valence-electron chi connectivity index (χ3n) is 5.28. The van der Waals surface area contributed by atoms with Crippen LogP contribution in [0.3, 0.4) is 0 Å². The molecule has 0 aliphatic rings. The molecular formula is C25H27N3O2S. The van der Waals surface area contributed by atoms with Crippen LogP contribution in [0.4, 0.5) is 0 Å². The maximum absolute atomic E-state index is 12.5. The van der Waals surface area contributed by atoms with E-state index in [0.29, 0.717) is 23.8 Å². The first-order chi connectivity index (χ1) is 14.9. The largest absolute Gasteiger partial charge is 0.347 e. The fraction of sp³-hybridized carbons (Fsp3) is 0.240. The van der Waals surface area contributed by atoms with Crippen LogP contribution in [-0.4, -0.2) is 24.5 Å². The van der Waals surface area contributed by atoms with E-state index in [4.69, 9.17) is 0 Å². The van der Waals surface area contributed by atoms with E-state index in [0.717, 1.165) is 28.6 Å². The average Bonchev–Trinajstić information content (AvgIpc) is 3.11. The minimum Gasteiger partial charge on any atom is -0.347 e. The molecule has 2 aromatic heterocycles. The Hall–Kier alpha value is -2.96. The van der Waals surface area contributed by atoms with Gasteiger partial charge >= 0.3 is 0 Å². The number of sulfonamides is 1. The van der Waals surface area contributed by atoms with E-state index in [-0.39, 0.29) is 0 Å². The lowest BCUT2D eigenvalue weighted by molar-refractivity contribution is 0.534. The number of pyridine rings is 1. The Morgan fingerprint density at radius 1 is 0.968 bits per heavy atom. The van der Waals surface area contributed by atoms with E-state index in [1.54, 1.807) is 36.7 Å². The van der Waals surface area contributed by atoms with Crippen LogP contribution in [-0.2, 0) is 23.0 Å². The lowest BCUT2D eigenvalue weighted by atomic mass is 10.0. The molecule has 0 bridgehead atoms. The molecule has 2 heterocycles. The zero-order valence-corrected chi connectivity index (χ0v) is 18.6. The molecule has 0 amide bonds. The highest BCUT2D eigenvalue weighted by Gasteiger charge is 2.15. The van der Waals surface area contributed by atoms with Gasteiger partial charge in [-0.25, -0.2) is 13.1 Å². The Morgan fingerprint density at radius 3 is 2.42 bits per heavy atom. The van der Waals surface area contributed by atoms with Crippen LogP contribution < -0.4 is 4.72 Å². The molecule has 4 aromatic rings. The van der Waals surface area contributed by atoms with Gasteiger partial charge in [-0.05, 0) is 59.4 Å². The van der Waals surface area contributed by atoms with Crippen molar-refractivity contribution >= 4 is 20.9 Å². The predicted octanol–water partition coefficient (Wildman–Crippen LogP) is 4.88. The van der Waals surface area contributed by atoms with Gasteiger partial charge in [0, 0.05) is 42.6 Å². The molecule has 31 heavy (non-hydrogen) atoms. The van der Waals surface area contributed by atoms with Crippen LogP contribution in [0.2, 0.25) is 0 Å². The average molecular weight is 434 g/mol. The maximum Gasteiger partial charge on any atom is 0.240 e. The second-order valence-electron chi connectivity index (χ2n) is 8.13. The first-order valence-corrected chi connectivity index (χ1v) is 12.0. The number of hydrogen-bond donors (Lipinski definition) is 1. The van der Waals surface area contributed by atoms with Gasteiger partial charge in [-0.2, -0.15) is 0 Å². The Labute approximate surface area is 183 Å². The topological polar surface area (TPSA) is 64.0 Å². The molecule has 6 heteroatoms. The van der Waals surface area contributed by atoms with Crippen molar-refractivity contribution in [2.75, 3.05) is 6.54 Å². The summed E-state index contributed by atoms with van der Waals surface area (Å²) in [6.07, 6.45) is 6.40. The molecule has 0 atom stereocenters. The molecule has 0 aliphatic heterocycles. The summed E-state index contributed by atoms with van der Waals surface area (Å²) < 4.78 is 30.0. The van der Waals surface area contributed by atoms with Crippen molar-refractivity contribution < 1.29 is 8.42 Å². The molecule has 5 nitrogen and oxygen atoms in total. The van der Waals surface area contributed by atoms with Gasteiger partial charge < -0.3 is 4.57 Å². The molecule has 0 fully saturated rings. The molecule has 0 radical (unpaired) electrons. The van der Waals surface area contributed by atoms with Crippen molar-refractivity contribution in [3.05, 3.63) is 84.8 Å². The second-order valence-corrected chi connectivity index (χ2v) is 9.90. The summed E-state index contributed by atoms with van der Waals surface area (Å²) in [5.41, 5.74) is 4.59. The lowest BCUT2D eigenvalue weighted by Crippen LogP contribution is -2.25. The molecular weight excluding hydrogens is 406 g/mol. The maximum atomic E-state index is 12.5. The standard InChI is InChI=1S/C25H27N3O2S/c1-19(2)17-28-18-22(12-15-27-31(29,30)23-6-4-3-5-7-23)24-9-8-21(16-25(24)28)20-10-13-26-14-11-20/h3-11,13-14,16,18-19,27H,12,15,17H2,1-2H3. The number of benzene rings is 2. The van der Waals surface area contributed by atoms with Gasteiger partial charge in [0.25, 0.3) is 0 Å². The molecule has 4 rings (SSSR count). The Morgan fingerprint density at radius 2 is 1.71 bits per heavy atom. The minimum absolute atomic E-state index is 0.291. The first-order valence-electron chi connectivity index (χ1n) is 10.5. The van der Waals surface area contributed by atoms with Gasteiger partial charge in [0.2, 0.25) is 10.0 Å². The van der Waals surface area contributed by atoms with Gasteiger partial charge in [0.05, 0.1) is 4.90 Å². The third kappa shape index (κ3) is 4.86. The van der Waals surface area contributed by atoms with Crippen molar-refractivity contribution in [1.82, 2.24) is 14.3 Å². The summed E-state index contributed by atoms with van der Waals surface area (Å²) in [6, 6.07) is 19.0. The molecule has 0 saturated carbocycles. The summed E-state index contributed by atoms with van der Waals surface area (Å²) in [4.78, 5) is 4.40. The summed E-state index contributed by atoms with van der Waals surface area (Å²) in [5, 5.41) is 1.16. The normalized spacial score (nSPS) is 12.0. The molecule has 0 unspecified atom stereocenters. The molecule has 0 aliphatic carbocycles. The lowest BCUT2D eigenvalue weighted by Gasteiger charge is -2.09. The minimum atomic E-state index is -3.50. The van der Waals surface area contributed by atoms with Crippen molar-refractivity contribution in [1.29, 1.82) is 0 Å². The fourth-order valence-corrected chi connectivity index (χ4v) is 4.89. The van der Waals surface area contributed by atoms with Crippen molar-refractivity contribution in [2.24, 2.45) is 5.92 Å². The van der Waals surface area contributed by atoms with Crippen LogP contribution in [0.15, 0.2) is 84.1 Å². The van der Waals surface area contributed by atoms with Crippen LogP contribution in [0.5, 0.6) is 0 Å². The monoisotopic (exact) mass is 433 g/mol. The second kappa shape index (κ2) is 9.04. The molecule has 1 N–H and O–H groups in total. The smallest absolute Gasteiger partial charge is 0.240 e. The SMILES string of the molecule is CC(C)Cn1cc(CCNS(=O)(=O)c2ccccc2)c2ccc(-c3ccncc3)cc21. The number of nitrogens with zero attached hydrogens (tertiary/aromatic N) is 2. The molecule has 0 saturated heterocycles. The third-order valence-corrected chi connectivity index (χ3v) is 6.76. The van der Waals surface area contributed by atoms with Crippen LogP contribution in [0, 0.1) is 5.92 Å². The highest BCUT2D eigenvalue weighted by Crippen LogP contribution is 2.28. The number of nitrogens with one attached hydrogen (secondary N) is 1. The summed E-state index contributed by atoms with van der Waals surface area (Å²) in [5.74, 6) is 0.504. The van der Waals surface area contributed by atoms with Crippen molar-refractivity contribution in [3.63, 3.8) is 0 Å². The summed E-state index contributed by atoms with van der Waals surface area (Å²) in [6.45, 7) is 5.66. The van der Waals surface area contributed by atoms with Gasteiger partial charge in [0.1, 0.15) is 0 Å². The van der Waals surface area contributed by atoms with E-state index in [1.807, 2.05) is 18.2 Å². The predicted molar refractivity (Wildman–Crippen MR) is 125 cm³/mol. The fourth-order valence-electron chi connectivity index (χ4n) is 3.84. The highest BCUT2D eigenvalue weighted by atomic mass is 32.2. The van der Waals surface area contributed by atoms with E-state index < -0.39 is 10.0 Å². The van der Waals surface area contributed by atoms with E-state index in [2.05, 4.69) is 52.5 Å². The first kappa shape index (κ1) is 21.3. The van der Waals surface area contributed by atoms with Crippen LogP contribution >= 0.6 is 0 Å². The zero-order valence-electron chi connectivity index (χ0n) is 17.8. The van der Waals surface area contributed by atoms with Gasteiger partial charge in [-0.15, -0.1) is 0 Å².